The van der Waals surface area contributed by atoms with E-state index >= 15 is 0 Å². The van der Waals surface area contributed by atoms with E-state index in [0.29, 0.717) is 5.92 Å². The van der Waals surface area contributed by atoms with E-state index in [1.54, 1.807) is 0 Å². The van der Waals surface area contributed by atoms with Crippen molar-refractivity contribution in [2.24, 2.45) is 5.92 Å². The maximum atomic E-state index is 3.92. The second-order valence-corrected chi connectivity index (χ2v) is 2.94. The predicted octanol–water partition coefficient (Wildman–Crippen LogP) is 3.59. The van der Waals surface area contributed by atoms with Crippen molar-refractivity contribution in [2.75, 3.05) is 0 Å². The number of allylic oxidation sites excluding steroid dienone is 2. The molecular formula is C10H19. The lowest BCUT2D eigenvalue weighted by Crippen LogP contribution is -1.83. The van der Waals surface area contributed by atoms with E-state index in [1.165, 1.54) is 25.7 Å². The maximum Gasteiger partial charge on any atom is -0.0348 e. The lowest BCUT2D eigenvalue weighted by Gasteiger charge is -1.98. The largest absolute Gasteiger partial charge is 0.0885 e. The van der Waals surface area contributed by atoms with Gasteiger partial charge in [-0.3, -0.25) is 0 Å². The van der Waals surface area contributed by atoms with Gasteiger partial charge in [-0.1, -0.05) is 39.3 Å². The van der Waals surface area contributed by atoms with Crippen LogP contribution in [0.15, 0.2) is 12.2 Å². The lowest BCUT2D eigenvalue weighted by atomic mass is 10.1. The third-order valence-corrected chi connectivity index (χ3v) is 1.45. The molecular weight excluding hydrogens is 120 g/mol. The van der Waals surface area contributed by atoms with E-state index in [1.807, 2.05) is 0 Å². The molecule has 0 amide bonds. The minimum absolute atomic E-state index is 0.603. The van der Waals surface area contributed by atoms with Gasteiger partial charge in [-0.15, -0.1) is 0 Å². The Bertz CT molecular complexity index is 80.0. The third-order valence-electron chi connectivity index (χ3n) is 1.45. The van der Waals surface area contributed by atoms with Crippen molar-refractivity contribution in [3.8, 4) is 0 Å². The van der Waals surface area contributed by atoms with Crippen molar-refractivity contribution >= 4 is 0 Å². The molecule has 0 aliphatic rings. The zero-order valence-electron chi connectivity index (χ0n) is 7.27. The summed E-state index contributed by atoms with van der Waals surface area (Å²) < 4.78 is 0. The molecule has 0 N–H and O–H groups in total. The van der Waals surface area contributed by atoms with Crippen LogP contribution in [0.2, 0.25) is 0 Å². The van der Waals surface area contributed by atoms with Crippen molar-refractivity contribution in [2.45, 2.75) is 39.5 Å². The third kappa shape index (κ3) is 7.74. The Labute approximate surface area is 65.3 Å². The summed E-state index contributed by atoms with van der Waals surface area (Å²) in [7, 11) is 0. The van der Waals surface area contributed by atoms with E-state index in [0.717, 1.165) is 0 Å². The average Bonchev–Trinajstić information content (AvgIpc) is 1.87. The summed E-state index contributed by atoms with van der Waals surface area (Å²) in [5, 5.41) is 0. The Morgan fingerprint density at radius 1 is 1.30 bits per heavy atom. The van der Waals surface area contributed by atoms with Gasteiger partial charge in [-0.2, -0.15) is 0 Å². The first-order valence-corrected chi connectivity index (χ1v) is 4.25. The first kappa shape index (κ1) is 9.74. The molecule has 0 spiro atoms. The molecule has 0 aromatic rings. The van der Waals surface area contributed by atoms with Gasteiger partial charge < -0.3 is 0 Å². The summed E-state index contributed by atoms with van der Waals surface area (Å²) in [4.78, 5) is 0. The van der Waals surface area contributed by atoms with Crippen LogP contribution < -0.4 is 0 Å². The second kappa shape index (κ2) is 6.85. The zero-order valence-corrected chi connectivity index (χ0v) is 7.27. The van der Waals surface area contributed by atoms with Crippen molar-refractivity contribution in [1.29, 1.82) is 0 Å². The lowest BCUT2D eigenvalue weighted by molar-refractivity contribution is 0.653. The van der Waals surface area contributed by atoms with Gasteiger partial charge in [0, 0.05) is 0 Å². The SMILES string of the molecule is [CH2]C(C)CCC=CCCC. The van der Waals surface area contributed by atoms with E-state index in [9.17, 15) is 0 Å². The standard InChI is InChI=1S/C10H19/c1-4-5-6-7-8-9-10(2)3/h6-7,10H,2,4-5,8-9H2,1,3H3. The molecule has 0 fully saturated rings. The first-order valence-electron chi connectivity index (χ1n) is 4.25. The summed E-state index contributed by atoms with van der Waals surface area (Å²) in [6.45, 7) is 8.29. The van der Waals surface area contributed by atoms with Crippen molar-refractivity contribution in [3.63, 3.8) is 0 Å². The van der Waals surface area contributed by atoms with Gasteiger partial charge in [0.05, 0.1) is 0 Å². The molecule has 1 atom stereocenters. The Balaban J connectivity index is 3.02. The van der Waals surface area contributed by atoms with Crippen LogP contribution in [-0.4, -0.2) is 0 Å². The molecule has 0 bridgehead atoms. The van der Waals surface area contributed by atoms with Gasteiger partial charge >= 0.3 is 0 Å². The highest BCUT2D eigenvalue weighted by atomic mass is 13.9. The second-order valence-electron chi connectivity index (χ2n) is 2.94. The first-order chi connectivity index (χ1) is 4.77. The molecule has 0 aromatic carbocycles. The molecule has 0 aliphatic carbocycles. The highest BCUT2D eigenvalue weighted by Crippen LogP contribution is 2.03. The van der Waals surface area contributed by atoms with Crippen LogP contribution in [-0.2, 0) is 0 Å². The van der Waals surface area contributed by atoms with Crippen LogP contribution in [0, 0.1) is 12.8 Å². The highest BCUT2D eigenvalue weighted by molar-refractivity contribution is 4.81. The summed E-state index contributed by atoms with van der Waals surface area (Å²) >= 11 is 0. The molecule has 0 rings (SSSR count). The molecule has 1 radical (unpaired) electrons. The van der Waals surface area contributed by atoms with Gasteiger partial charge in [-0.05, 0) is 25.2 Å². The van der Waals surface area contributed by atoms with Crippen LogP contribution in [0.1, 0.15) is 39.5 Å². The molecule has 0 aliphatic heterocycles. The predicted molar refractivity (Wildman–Crippen MR) is 47.8 cm³/mol. The van der Waals surface area contributed by atoms with Crippen LogP contribution in [0.5, 0.6) is 0 Å². The smallest absolute Gasteiger partial charge is 0.0348 e. The van der Waals surface area contributed by atoms with E-state index < -0.39 is 0 Å². The summed E-state index contributed by atoms with van der Waals surface area (Å²) in [6, 6.07) is 0. The molecule has 59 valence electrons. The fourth-order valence-corrected chi connectivity index (χ4v) is 0.783. The van der Waals surface area contributed by atoms with Gasteiger partial charge in [0.2, 0.25) is 0 Å². The van der Waals surface area contributed by atoms with Gasteiger partial charge in [-0.25, -0.2) is 0 Å². The molecule has 0 aromatic heterocycles. The Morgan fingerprint density at radius 2 is 1.90 bits per heavy atom. The quantitative estimate of drug-likeness (QED) is 0.510. The molecule has 0 heterocycles. The summed E-state index contributed by atoms with van der Waals surface area (Å²) in [6.07, 6.45) is 9.44. The minimum Gasteiger partial charge on any atom is -0.0885 e. The van der Waals surface area contributed by atoms with Crippen molar-refractivity contribution in [3.05, 3.63) is 19.1 Å². The number of hydrogen-bond acceptors (Lipinski definition) is 0. The molecule has 0 saturated carbocycles. The molecule has 1 unspecified atom stereocenters. The van der Waals surface area contributed by atoms with Crippen LogP contribution in [0.25, 0.3) is 0 Å². The molecule has 10 heavy (non-hydrogen) atoms. The average molecular weight is 139 g/mol. The van der Waals surface area contributed by atoms with E-state index in [2.05, 4.69) is 32.9 Å². The topological polar surface area (TPSA) is 0 Å². The van der Waals surface area contributed by atoms with E-state index in [4.69, 9.17) is 0 Å². The summed E-state index contributed by atoms with van der Waals surface area (Å²) in [5.41, 5.74) is 0. The van der Waals surface area contributed by atoms with Gasteiger partial charge in [0.1, 0.15) is 0 Å². The van der Waals surface area contributed by atoms with E-state index in [-0.39, 0.29) is 0 Å². The number of hydrogen-bond donors (Lipinski definition) is 0. The normalized spacial score (nSPS) is 11.6. The Kier molecular flexibility index (Phi) is 6.68. The number of rotatable bonds is 5. The summed E-state index contributed by atoms with van der Waals surface area (Å²) in [5.74, 6) is 0.603. The Hall–Kier alpha value is -0.260. The molecule has 0 heteroatoms. The van der Waals surface area contributed by atoms with Crippen LogP contribution >= 0.6 is 0 Å². The van der Waals surface area contributed by atoms with Gasteiger partial charge in [0.15, 0.2) is 0 Å². The van der Waals surface area contributed by atoms with Crippen molar-refractivity contribution < 1.29 is 0 Å². The monoisotopic (exact) mass is 139 g/mol. The van der Waals surface area contributed by atoms with Crippen LogP contribution in [0.4, 0.5) is 0 Å². The highest BCUT2D eigenvalue weighted by Gasteiger charge is 1.88. The minimum atomic E-state index is 0.603. The fraction of sp³-hybridized carbons (Fsp3) is 0.700. The molecule has 0 saturated heterocycles. The Morgan fingerprint density at radius 3 is 2.40 bits per heavy atom. The molecule has 0 nitrogen and oxygen atoms in total. The zero-order chi connectivity index (χ0) is 7.82. The number of unbranched alkanes of at least 4 members (excludes halogenated alkanes) is 1. The van der Waals surface area contributed by atoms with Gasteiger partial charge in [0.25, 0.3) is 0 Å². The van der Waals surface area contributed by atoms with Crippen molar-refractivity contribution in [1.82, 2.24) is 0 Å². The maximum absolute atomic E-state index is 3.92. The van der Waals surface area contributed by atoms with Crippen LogP contribution in [0.3, 0.4) is 0 Å². The fourth-order valence-electron chi connectivity index (χ4n) is 0.783.